The van der Waals surface area contributed by atoms with E-state index >= 15 is 0 Å². The maximum absolute atomic E-state index is 12.5. The van der Waals surface area contributed by atoms with Crippen LogP contribution in [0, 0.1) is 0 Å². The van der Waals surface area contributed by atoms with Crippen molar-refractivity contribution in [3.63, 3.8) is 0 Å². The van der Waals surface area contributed by atoms with Gasteiger partial charge in [-0.05, 0) is 32.8 Å². The topological polar surface area (TPSA) is 88.1 Å². The van der Waals surface area contributed by atoms with E-state index in [9.17, 15) is 18.0 Å². The number of guanidine groups is 1. The number of aromatic nitrogens is 1. The van der Waals surface area contributed by atoms with Gasteiger partial charge in [-0.25, -0.2) is 14.8 Å². The standard InChI is InChI=1S/C19H28F3N5O3/c1-3-23-17(26-15-7-10-27(11-8-15)18(28)29-4-2)24-9-12-30-16-6-5-14(13-25-16)19(20,21)22/h5-6,13,15H,3-4,7-12H2,1-2H3,(H2,23,24,26). The summed E-state index contributed by atoms with van der Waals surface area (Å²) in [6.07, 6.45) is -2.42. The van der Waals surface area contributed by atoms with Gasteiger partial charge in [0.05, 0.1) is 18.7 Å². The highest BCUT2D eigenvalue weighted by Gasteiger charge is 2.30. The number of rotatable bonds is 7. The number of ether oxygens (including phenoxy) is 2. The average Bonchev–Trinajstić information content (AvgIpc) is 2.71. The third-order valence-electron chi connectivity index (χ3n) is 4.38. The summed E-state index contributed by atoms with van der Waals surface area (Å²) in [6, 6.07) is 2.29. The van der Waals surface area contributed by atoms with Crippen LogP contribution in [0.15, 0.2) is 23.3 Å². The van der Waals surface area contributed by atoms with Gasteiger partial charge in [-0.2, -0.15) is 13.2 Å². The van der Waals surface area contributed by atoms with E-state index in [0.717, 1.165) is 25.1 Å². The predicted molar refractivity (Wildman–Crippen MR) is 105 cm³/mol. The number of carbonyl (C=O) groups is 1. The molecule has 2 heterocycles. The van der Waals surface area contributed by atoms with Crippen molar-refractivity contribution in [1.29, 1.82) is 0 Å². The van der Waals surface area contributed by atoms with Crippen molar-refractivity contribution in [3.05, 3.63) is 23.9 Å². The van der Waals surface area contributed by atoms with Crippen molar-refractivity contribution in [2.45, 2.75) is 38.9 Å². The summed E-state index contributed by atoms with van der Waals surface area (Å²) in [7, 11) is 0. The number of nitrogens with one attached hydrogen (secondary N) is 2. The molecule has 0 radical (unpaired) electrons. The molecule has 11 heteroatoms. The number of halogens is 3. The Morgan fingerprint density at radius 1 is 1.30 bits per heavy atom. The summed E-state index contributed by atoms with van der Waals surface area (Å²) in [5, 5.41) is 6.48. The molecule has 0 aromatic carbocycles. The molecule has 0 atom stereocenters. The summed E-state index contributed by atoms with van der Waals surface area (Å²) in [5.74, 6) is 0.735. The first-order valence-corrected chi connectivity index (χ1v) is 9.96. The fourth-order valence-corrected chi connectivity index (χ4v) is 2.88. The molecule has 1 saturated heterocycles. The predicted octanol–water partition coefficient (Wildman–Crippen LogP) is 2.66. The molecular formula is C19H28F3N5O3. The molecule has 8 nitrogen and oxygen atoms in total. The van der Waals surface area contributed by atoms with Gasteiger partial charge in [0.25, 0.3) is 0 Å². The van der Waals surface area contributed by atoms with Crippen molar-refractivity contribution in [2.24, 2.45) is 4.99 Å². The second-order valence-corrected chi connectivity index (χ2v) is 6.60. The second kappa shape index (κ2) is 11.5. The highest BCUT2D eigenvalue weighted by molar-refractivity contribution is 5.80. The molecule has 1 aromatic heterocycles. The quantitative estimate of drug-likeness (QED) is 0.392. The first kappa shape index (κ1) is 23.6. The Labute approximate surface area is 173 Å². The molecule has 1 amide bonds. The highest BCUT2D eigenvalue weighted by atomic mass is 19.4. The second-order valence-electron chi connectivity index (χ2n) is 6.60. The average molecular weight is 431 g/mol. The van der Waals surface area contributed by atoms with Crippen LogP contribution in [0.5, 0.6) is 5.88 Å². The molecule has 0 unspecified atom stereocenters. The number of hydrogen-bond acceptors (Lipinski definition) is 5. The molecule has 1 aliphatic heterocycles. The zero-order valence-electron chi connectivity index (χ0n) is 17.2. The zero-order valence-corrected chi connectivity index (χ0v) is 17.2. The van der Waals surface area contributed by atoms with Crippen LogP contribution >= 0.6 is 0 Å². The number of nitrogens with zero attached hydrogens (tertiary/aromatic N) is 3. The number of carbonyl (C=O) groups excluding carboxylic acids is 1. The van der Waals surface area contributed by atoms with Crippen molar-refractivity contribution in [2.75, 3.05) is 39.4 Å². The summed E-state index contributed by atoms with van der Waals surface area (Å²) in [4.78, 5) is 21.5. The van der Waals surface area contributed by atoms with Crippen LogP contribution in [0.4, 0.5) is 18.0 Å². The van der Waals surface area contributed by atoms with Gasteiger partial charge in [0.2, 0.25) is 5.88 Å². The summed E-state index contributed by atoms with van der Waals surface area (Å²) < 4.78 is 48.0. The third-order valence-corrected chi connectivity index (χ3v) is 4.38. The minimum absolute atomic E-state index is 0.113. The fourth-order valence-electron chi connectivity index (χ4n) is 2.88. The maximum atomic E-state index is 12.5. The number of piperidine rings is 1. The number of pyridine rings is 1. The summed E-state index contributed by atoms with van der Waals surface area (Å²) >= 11 is 0. The molecule has 1 fully saturated rings. The summed E-state index contributed by atoms with van der Waals surface area (Å²) in [5.41, 5.74) is -0.819. The molecule has 0 bridgehead atoms. The Hall–Kier alpha value is -2.72. The van der Waals surface area contributed by atoms with E-state index in [4.69, 9.17) is 9.47 Å². The SMILES string of the molecule is CCNC(=NCCOc1ccc(C(F)(F)F)cn1)NC1CCN(C(=O)OCC)CC1. The molecule has 1 aliphatic rings. The smallest absolute Gasteiger partial charge is 0.417 e. The van der Waals surface area contributed by atoms with E-state index in [1.165, 1.54) is 6.07 Å². The number of aliphatic imine (C=N–C) groups is 1. The van der Waals surface area contributed by atoms with Crippen LogP contribution in [0.3, 0.4) is 0 Å². The number of hydrogen-bond donors (Lipinski definition) is 2. The minimum atomic E-state index is -4.42. The maximum Gasteiger partial charge on any atom is 0.417 e. The number of likely N-dealkylation sites (tertiary alicyclic amines) is 1. The lowest BCUT2D eigenvalue weighted by Gasteiger charge is -2.32. The van der Waals surface area contributed by atoms with Gasteiger partial charge in [-0.1, -0.05) is 0 Å². The molecular weight excluding hydrogens is 403 g/mol. The number of amides is 1. The van der Waals surface area contributed by atoms with Crippen LogP contribution in [-0.2, 0) is 10.9 Å². The van der Waals surface area contributed by atoms with E-state index in [0.29, 0.717) is 38.7 Å². The third kappa shape index (κ3) is 7.60. The molecule has 0 saturated carbocycles. The zero-order chi connectivity index (χ0) is 22.0. The monoisotopic (exact) mass is 431 g/mol. The molecule has 2 rings (SSSR count). The van der Waals surface area contributed by atoms with Gasteiger partial charge in [-0.15, -0.1) is 0 Å². The Balaban J connectivity index is 1.77. The largest absolute Gasteiger partial charge is 0.476 e. The molecule has 2 N–H and O–H groups in total. The van der Waals surface area contributed by atoms with E-state index < -0.39 is 11.7 Å². The summed E-state index contributed by atoms with van der Waals surface area (Å²) in [6.45, 7) is 6.46. The van der Waals surface area contributed by atoms with Gasteiger partial charge >= 0.3 is 12.3 Å². The molecule has 0 spiro atoms. The van der Waals surface area contributed by atoms with Gasteiger partial charge in [0.1, 0.15) is 6.61 Å². The van der Waals surface area contributed by atoms with Gasteiger partial charge in [0.15, 0.2) is 5.96 Å². The van der Waals surface area contributed by atoms with Crippen LogP contribution in [0.25, 0.3) is 0 Å². The first-order chi connectivity index (χ1) is 14.3. The lowest BCUT2D eigenvalue weighted by atomic mass is 10.1. The molecule has 30 heavy (non-hydrogen) atoms. The van der Waals surface area contributed by atoms with Gasteiger partial charge in [0, 0.05) is 37.9 Å². The Kier molecular flexibility index (Phi) is 9.00. The van der Waals surface area contributed by atoms with Crippen molar-refractivity contribution < 1.29 is 27.4 Å². The normalized spacial score (nSPS) is 15.6. The minimum Gasteiger partial charge on any atom is -0.476 e. The Bertz CT molecular complexity index is 690. The Morgan fingerprint density at radius 2 is 2.03 bits per heavy atom. The van der Waals surface area contributed by atoms with E-state index in [1.54, 1.807) is 11.8 Å². The van der Waals surface area contributed by atoms with Crippen LogP contribution in [0.1, 0.15) is 32.3 Å². The van der Waals surface area contributed by atoms with Crippen molar-refractivity contribution >= 4 is 12.1 Å². The van der Waals surface area contributed by atoms with Gasteiger partial charge in [-0.3, -0.25) is 0 Å². The van der Waals surface area contributed by atoms with Crippen LogP contribution in [-0.4, -0.2) is 67.4 Å². The first-order valence-electron chi connectivity index (χ1n) is 9.96. The molecule has 168 valence electrons. The van der Waals surface area contributed by atoms with E-state index in [2.05, 4.69) is 20.6 Å². The van der Waals surface area contributed by atoms with Gasteiger partial charge < -0.3 is 25.0 Å². The van der Waals surface area contributed by atoms with E-state index in [1.807, 2.05) is 6.92 Å². The lowest BCUT2D eigenvalue weighted by molar-refractivity contribution is -0.137. The van der Waals surface area contributed by atoms with Crippen molar-refractivity contribution in [3.8, 4) is 5.88 Å². The van der Waals surface area contributed by atoms with E-state index in [-0.39, 0.29) is 24.6 Å². The molecule has 1 aromatic rings. The van der Waals surface area contributed by atoms with Crippen molar-refractivity contribution in [1.82, 2.24) is 20.5 Å². The van der Waals surface area contributed by atoms with Crippen LogP contribution < -0.4 is 15.4 Å². The highest BCUT2D eigenvalue weighted by Crippen LogP contribution is 2.29. The van der Waals surface area contributed by atoms with Crippen LogP contribution in [0.2, 0.25) is 0 Å². The number of alkyl halides is 3. The lowest BCUT2D eigenvalue weighted by Crippen LogP contribution is -2.50. The Morgan fingerprint density at radius 3 is 2.60 bits per heavy atom. The molecule has 0 aliphatic carbocycles. The fraction of sp³-hybridized carbons (Fsp3) is 0.632.